The summed E-state index contributed by atoms with van der Waals surface area (Å²) in [6, 6.07) is 11.7. The summed E-state index contributed by atoms with van der Waals surface area (Å²) in [5.74, 6) is -0.792. The quantitative estimate of drug-likeness (QED) is 0.494. The third-order valence-electron chi connectivity index (χ3n) is 2.90. The Labute approximate surface area is 143 Å². The van der Waals surface area contributed by atoms with Crippen molar-refractivity contribution in [2.24, 2.45) is 0 Å². The normalized spacial score (nSPS) is 10.8. The Morgan fingerprint density at radius 3 is 2.67 bits per heavy atom. The molecule has 0 saturated carbocycles. The minimum Gasteiger partial charge on any atom is -0.467 e. The van der Waals surface area contributed by atoms with Crippen molar-refractivity contribution >= 4 is 29.6 Å². The standard InChI is InChI=1S/C17H13ClN2O4/c18-14-5-3-12(4-6-14)8-13(9-19)17(22)24-11-16(21)20-10-15-2-1-7-23-15/h1-8H,10-11H2,(H,20,21). The van der Waals surface area contributed by atoms with Gasteiger partial charge in [-0.2, -0.15) is 5.26 Å². The van der Waals surface area contributed by atoms with E-state index in [0.29, 0.717) is 16.3 Å². The van der Waals surface area contributed by atoms with Gasteiger partial charge in [0.15, 0.2) is 6.61 Å². The van der Waals surface area contributed by atoms with E-state index in [-0.39, 0.29) is 12.1 Å². The molecule has 0 aliphatic rings. The van der Waals surface area contributed by atoms with Crippen molar-refractivity contribution in [3.8, 4) is 6.07 Å². The molecule has 122 valence electrons. The molecule has 0 unspecified atom stereocenters. The predicted molar refractivity (Wildman–Crippen MR) is 86.6 cm³/mol. The minimum absolute atomic E-state index is 0.190. The molecule has 0 spiro atoms. The van der Waals surface area contributed by atoms with Crippen LogP contribution in [-0.4, -0.2) is 18.5 Å². The van der Waals surface area contributed by atoms with Gasteiger partial charge in [-0.15, -0.1) is 0 Å². The van der Waals surface area contributed by atoms with Crippen LogP contribution in [0.4, 0.5) is 0 Å². The number of hydrogen-bond acceptors (Lipinski definition) is 5. The molecule has 6 nitrogen and oxygen atoms in total. The average molecular weight is 345 g/mol. The van der Waals surface area contributed by atoms with Gasteiger partial charge in [0.05, 0.1) is 12.8 Å². The number of furan rings is 1. The molecule has 0 saturated heterocycles. The fourth-order valence-corrected chi connectivity index (χ4v) is 1.85. The molecule has 1 N–H and O–H groups in total. The van der Waals surface area contributed by atoms with Crippen LogP contribution >= 0.6 is 11.6 Å². The number of halogens is 1. The highest BCUT2D eigenvalue weighted by Gasteiger charge is 2.13. The second-order valence-electron chi connectivity index (χ2n) is 4.65. The molecule has 0 radical (unpaired) electrons. The van der Waals surface area contributed by atoms with Crippen molar-refractivity contribution in [3.05, 3.63) is 64.6 Å². The highest BCUT2D eigenvalue weighted by molar-refractivity contribution is 6.30. The molecule has 1 heterocycles. The lowest BCUT2D eigenvalue weighted by molar-refractivity contribution is -0.144. The molecule has 24 heavy (non-hydrogen) atoms. The van der Waals surface area contributed by atoms with E-state index in [2.05, 4.69) is 5.32 Å². The Bertz CT molecular complexity index is 774. The molecule has 0 atom stereocenters. The maximum Gasteiger partial charge on any atom is 0.349 e. The number of benzene rings is 1. The first-order chi connectivity index (χ1) is 11.6. The average Bonchev–Trinajstić information content (AvgIpc) is 3.11. The first-order valence-corrected chi connectivity index (χ1v) is 7.30. The Kier molecular flexibility index (Phi) is 6.17. The van der Waals surface area contributed by atoms with E-state index in [1.807, 2.05) is 0 Å². The van der Waals surface area contributed by atoms with E-state index in [0.717, 1.165) is 0 Å². The molecular weight excluding hydrogens is 332 g/mol. The van der Waals surface area contributed by atoms with Gasteiger partial charge in [0.2, 0.25) is 0 Å². The summed E-state index contributed by atoms with van der Waals surface area (Å²) in [7, 11) is 0. The van der Waals surface area contributed by atoms with Crippen LogP contribution in [0, 0.1) is 11.3 Å². The number of rotatable bonds is 6. The van der Waals surface area contributed by atoms with E-state index >= 15 is 0 Å². The van der Waals surface area contributed by atoms with Crippen LogP contribution in [0.5, 0.6) is 0 Å². The summed E-state index contributed by atoms with van der Waals surface area (Å²) in [5.41, 5.74) is 0.409. The van der Waals surface area contributed by atoms with Gasteiger partial charge in [0.25, 0.3) is 5.91 Å². The SMILES string of the molecule is N#CC(=Cc1ccc(Cl)cc1)C(=O)OCC(=O)NCc1ccco1. The lowest BCUT2D eigenvalue weighted by Crippen LogP contribution is -2.28. The Balaban J connectivity index is 1.86. The highest BCUT2D eigenvalue weighted by Crippen LogP contribution is 2.13. The summed E-state index contributed by atoms with van der Waals surface area (Å²) in [4.78, 5) is 23.4. The summed E-state index contributed by atoms with van der Waals surface area (Å²) in [6.45, 7) is -0.297. The summed E-state index contributed by atoms with van der Waals surface area (Å²) >= 11 is 5.77. The number of nitrogens with one attached hydrogen (secondary N) is 1. The third kappa shape index (κ3) is 5.30. The lowest BCUT2D eigenvalue weighted by atomic mass is 10.1. The van der Waals surface area contributed by atoms with Crippen LogP contribution in [0.2, 0.25) is 5.02 Å². The second kappa shape index (κ2) is 8.56. The predicted octanol–water partition coefficient (Wildman–Crippen LogP) is 2.70. The van der Waals surface area contributed by atoms with Gasteiger partial charge in [-0.1, -0.05) is 23.7 Å². The molecule has 0 fully saturated rings. The van der Waals surface area contributed by atoms with Crippen LogP contribution in [0.1, 0.15) is 11.3 Å². The molecule has 0 aliphatic carbocycles. The molecule has 7 heteroatoms. The lowest BCUT2D eigenvalue weighted by Gasteiger charge is -2.05. The highest BCUT2D eigenvalue weighted by atomic mass is 35.5. The topological polar surface area (TPSA) is 92.3 Å². The summed E-state index contributed by atoms with van der Waals surface area (Å²) < 4.78 is 9.88. The second-order valence-corrected chi connectivity index (χ2v) is 5.09. The van der Waals surface area contributed by atoms with Crippen molar-refractivity contribution in [3.63, 3.8) is 0 Å². The molecule has 1 aromatic carbocycles. The van der Waals surface area contributed by atoms with Crippen molar-refractivity contribution in [1.82, 2.24) is 5.32 Å². The van der Waals surface area contributed by atoms with E-state index in [9.17, 15) is 9.59 Å². The number of nitriles is 1. The zero-order valence-corrected chi connectivity index (χ0v) is 13.2. The van der Waals surface area contributed by atoms with Crippen LogP contribution in [0.25, 0.3) is 6.08 Å². The molecular formula is C17H13ClN2O4. The smallest absolute Gasteiger partial charge is 0.349 e. The Morgan fingerprint density at radius 1 is 1.29 bits per heavy atom. The number of amides is 1. The van der Waals surface area contributed by atoms with Crippen molar-refractivity contribution in [1.29, 1.82) is 5.26 Å². The van der Waals surface area contributed by atoms with Gasteiger partial charge in [-0.05, 0) is 35.9 Å². The number of nitrogens with zero attached hydrogens (tertiary/aromatic N) is 1. The molecule has 1 aromatic heterocycles. The van der Waals surface area contributed by atoms with Gasteiger partial charge in [0.1, 0.15) is 17.4 Å². The van der Waals surface area contributed by atoms with Crippen molar-refractivity contribution in [2.45, 2.75) is 6.54 Å². The van der Waals surface area contributed by atoms with Crippen LogP contribution in [-0.2, 0) is 20.9 Å². The van der Waals surface area contributed by atoms with Gasteiger partial charge >= 0.3 is 5.97 Å². The zero-order chi connectivity index (χ0) is 17.4. The van der Waals surface area contributed by atoms with E-state index in [1.54, 1.807) is 42.5 Å². The van der Waals surface area contributed by atoms with E-state index < -0.39 is 18.5 Å². The molecule has 2 aromatic rings. The van der Waals surface area contributed by atoms with E-state index in [4.69, 9.17) is 26.0 Å². The maximum absolute atomic E-state index is 11.8. The Hall–Kier alpha value is -3.04. The summed E-state index contributed by atoms with van der Waals surface area (Å²) in [5, 5.41) is 12.1. The van der Waals surface area contributed by atoms with Crippen LogP contribution in [0.15, 0.2) is 52.7 Å². The van der Waals surface area contributed by atoms with Gasteiger partial charge < -0.3 is 14.5 Å². The van der Waals surface area contributed by atoms with Gasteiger partial charge in [-0.25, -0.2) is 4.79 Å². The molecule has 2 rings (SSSR count). The number of carbonyl (C=O) groups is 2. The third-order valence-corrected chi connectivity index (χ3v) is 3.15. The minimum atomic E-state index is -0.874. The largest absolute Gasteiger partial charge is 0.467 e. The first kappa shape index (κ1) is 17.3. The number of hydrogen-bond donors (Lipinski definition) is 1. The van der Waals surface area contributed by atoms with Gasteiger partial charge in [0, 0.05) is 5.02 Å². The number of ether oxygens (including phenoxy) is 1. The number of carbonyl (C=O) groups excluding carboxylic acids is 2. The zero-order valence-electron chi connectivity index (χ0n) is 12.5. The monoisotopic (exact) mass is 344 g/mol. The molecule has 1 amide bonds. The number of esters is 1. The van der Waals surface area contributed by atoms with Crippen LogP contribution < -0.4 is 5.32 Å². The fourth-order valence-electron chi connectivity index (χ4n) is 1.72. The van der Waals surface area contributed by atoms with Crippen LogP contribution in [0.3, 0.4) is 0 Å². The van der Waals surface area contributed by atoms with Gasteiger partial charge in [-0.3, -0.25) is 4.79 Å². The van der Waals surface area contributed by atoms with Crippen molar-refractivity contribution in [2.75, 3.05) is 6.61 Å². The molecule has 0 bridgehead atoms. The maximum atomic E-state index is 11.8. The summed E-state index contributed by atoms with van der Waals surface area (Å²) in [6.07, 6.45) is 2.85. The van der Waals surface area contributed by atoms with E-state index in [1.165, 1.54) is 12.3 Å². The fraction of sp³-hybridized carbons (Fsp3) is 0.118. The Morgan fingerprint density at radius 2 is 2.04 bits per heavy atom. The van der Waals surface area contributed by atoms with Crippen molar-refractivity contribution < 1.29 is 18.7 Å². The first-order valence-electron chi connectivity index (χ1n) is 6.92. The molecule has 0 aliphatic heterocycles.